The molecule has 0 radical (unpaired) electrons. The van der Waals surface area contributed by atoms with Crippen molar-refractivity contribution in [2.45, 2.75) is 18.2 Å². The molecule has 1 fully saturated rings. The molecule has 1 aliphatic heterocycles. The van der Waals surface area contributed by atoms with Crippen LogP contribution in [-0.2, 0) is 20.0 Å². The number of ether oxygens (including phenoxy) is 1. The summed E-state index contributed by atoms with van der Waals surface area (Å²) in [5.41, 5.74) is 0.590. The van der Waals surface area contributed by atoms with E-state index < -0.39 is 20.0 Å². The highest BCUT2D eigenvalue weighted by atomic mass is 35.5. The molecule has 27 heavy (non-hydrogen) atoms. The number of anilines is 2. The minimum atomic E-state index is -3.84. The number of hydrogen-bond donors (Lipinski definition) is 1. The van der Waals surface area contributed by atoms with Crippen LogP contribution in [0.4, 0.5) is 11.4 Å². The minimum absolute atomic E-state index is 0.0632. The van der Waals surface area contributed by atoms with E-state index in [4.69, 9.17) is 16.3 Å². The fraction of sp³-hybridized carbons (Fsp3) is 0.294. The fourth-order valence-corrected chi connectivity index (χ4v) is 5.67. The van der Waals surface area contributed by atoms with Crippen molar-refractivity contribution in [2.75, 3.05) is 27.9 Å². The summed E-state index contributed by atoms with van der Waals surface area (Å²) in [6.45, 7) is 2.71. The molecule has 0 aliphatic carbocycles. The highest BCUT2D eigenvalue weighted by molar-refractivity contribution is 7.93. The third kappa shape index (κ3) is 4.31. The normalized spacial score (nSPS) is 16.3. The maximum Gasteiger partial charge on any atom is 0.261 e. The Balaban J connectivity index is 1.82. The monoisotopic (exact) mass is 430 g/mol. The lowest BCUT2D eigenvalue weighted by Gasteiger charge is -2.18. The predicted molar refractivity (Wildman–Crippen MR) is 106 cm³/mol. The van der Waals surface area contributed by atoms with E-state index in [1.54, 1.807) is 12.1 Å². The largest absolute Gasteiger partial charge is 0.494 e. The van der Waals surface area contributed by atoms with Crippen molar-refractivity contribution in [1.82, 2.24) is 0 Å². The summed E-state index contributed by atoms with van der Waals surface area (Å²) in [4.78, 5) is 0.0632. The summed E-state index contributed by atoms with van der Waals surface area (Å²) in [5, 5.41) is 0.115. The van der Waals surface area contributed by atoms with Gasteiger partial charge in [-0.2, -0.15) is 0 Å². The Morgan fingerprint density at radius 3 is 2.44 bits per heavy atom. The van der Waals surface area contributed by atoms with Crippen molar-refractivity contribution in [3.8, 4) is 5.75 Å². The van der Waals surface area contributed by atoms with Crippen LogP contribution in [0.2, 0.25) is 5.02 Å². The molecule has 1 heterocycles. The van der Waals surface area contributed by atoms with E-state index in [-0.39, 0.29) is 21.4 Å². The van der Waals surface area contributed by atoms with E-state index in [9.17, 15) is 16.8 Å². The zero-order valence-corrected chi connectivity index (χ0v) is 16.9. The molecule has 0 aromatic heterocycles. The molecule has 7 nitrogen and oxygen atoms in total. The SMILES string of the molecule is CCOc1ccc(S(=O)(=O)Nc2ccc(N3CCCS3(=O)=O)cc2Cl)cc1. The van der Waals surface area contributed by atoms with E-state index in [1.807, 2.05) is 6.92 Å². The van der Waals surface area contributed by atoms with Gasteiger partial charge in [0.25, 0.3) is 10.0 Å². The number of hydrogen-bond acceptors (Lipinski definition) is 5. The number of halogens is 1. The summed E-state index contributed by atoms with van der Waals surface area (Å²) in [7, 11) is -7.18. The molecule has 1 aliphatic rings. The number of rotatable bonds is 6. The first-order valence-corrected chi connectivity index (χ1v) is 11.8. The molecule has 0 saturated carbocycles. The Morgan fingerprint density at radius 2 is 1.89 bits per heavy atom. The lowest BCUT2D eigenvalue weighted by Crippen LogP contribution is -2.25. The van der Waals surface area contributed by atoms with Crippen molar-refractivity contribution in [3.05, 3.63) is 47.5 Å². The summed E-state index contributed by atoms with van der Waals surface area (Å²) in [6, 6.07) is 10.4. The van der Waals surface area contributed by atoms with Crippen molar-refractivity contribution >= 4 is 43.0 Å². The van der Waals surface area contributed by atoms with Crippen LogP contribution in [0, 0.1) is 0 Å². The first-order chi connectivity index (χ1) is 12.7. The Labute approximate surface area is 164 Å². The molecule has 1 saturated heterocycles. The van der Waals surface area contributed by atoms with Gasteiger partial charge in [-0.25, -0.2) is 16.8 Å². The molecule has 0 bridgehead atoms. The molecule has 146 valence electrons. The number of nitrogens with zero attached hydrogens (tertiary/aromatic N) is 1. The standard InChI is InChI=1S/C17H19ClN2O5S2/c1-2-25-14-5-7-15(8-6-14)27(23,24)19-17-9-4-13(12-16(17)18)20-10-3-11-26(20,21)22/h4-9,12,19H,2-3,10-11H2,1H3. The van der Waals surface area contributed by atoms with Gasteiger partial charge in [-0.1, -0.05) is 11.6 Å². The van der Waals surface area contributed by atoms with Gasteiger partial charge in [0.05, 0.1) is 33.7 Å². The molecule has 2 aromatic rings. The summed E-state index contributed by atoms with van der Waals surface area (Å²) in [5.74, 6) is 0.669. The summed E-state index contributed by atoms with van der Waals surface area (Å²) >= 11 is 6.19. The number of benzene rings is 2. The molecular weight excluding hydrogens is 412 g/mol. The Kier molecular flexibility index (Phi) is 5.55. The third-order valence-electron chi connectivity index (χ3n) is 4.03. The maximum absolute atomic E-state index is 12.6. The molecule has 0 spiro atoms. The molecule has 2 aromatic carbocycles. The molecule has 10 heteroatoms. The minimum Gasteiger partial charge on any atom is -0.494 e. The van der Waals surface area contributed by atoms with Gasteiger partial charge in [0.2, 0.25) is 10.0 Å². The Hall–Kier alpha value is -1.97. The molecular formula is C17H19ClN2O5S2. The third-order valence-corrected chi connectivity index (χ3v) is 7.59. The molecule has 1 N–H and O–H groups in total. The van der Waals surface area contributed by atoms with E-state index in [1.165, 1.54) is 34.6 Å². The van der Waals surface area contributed by atoms with Crippen LogP contribution in [0.3, 0.4) is 0 Å². The topological polar surface area (TPSA) is 92.8 Å². The fourth-order valence-electron chi connectivity index (χ4n) is 2.76. The van der Waals surface area contributed by atoms with Gasteiger partial charge in [0.15, 0.2) is 0 Å². The highest BCUT2D eigenvalue weighted by Gasteiger charge is 2.29. The molecule has 0 unspecified atom stereocenters. The van der Waals surface area contributed by atoms with E-state index in [2.05, 4.69) is 4.72 Å². The van der Waals surface area contributed by atoms with Crippen molar-refractivity contribution in [2.24, 2.45) is 0 Å². The van der Waals surface area contributed by atoms with Crippen LogP contribution < -0.4 is 13.8 Å². The van der Waals surface area contributed by atoms with E-state index in [0.717, 1.165) is 0 Å². The molecule has 0 atom stereocenters. The van der Waals surface area contributed by atoms with Crippen LogP contribution in [0.15, 0.2) is 47.4 Å². The Bertz CT molecular complexity index is 1040. The molecule has 3 rings (SSSR count). The number of nitrogens with one attached hydrogen (secondary N) is 1. The average Bonchev–Trinajstić information content (AvgIpc) is 2.96. The summed E-state index contributed by atoms with van der Waals surface area (Å²) < 4.78 is 58.1. The van der Waals surface area contributed by atoms with Crippen LogP contribution in [-0.4, -0.2) is 35.7 Å². The first-order valence-electron chi connectivity index (χ1n) is 8.28. The van der Waals surface area contributed by atoms with Gasteiger partial charge >= 0.3 is 0 Å². The van der Waals surface area contributed by atoms with Gasteiger partial charge in [-0.15, -0.1) is 0 Å². The van der Waals surface area contributed by atoms with Crippen LogP contribution in [0.25, 0.3) is 0 Å². The van der Waals surface area contributed by atoms with Gasteiger partial charge < -0.3 is 4.74 Å². The predicted octanol–water partition coefficient (Wildman–Crippen LogP) is 3.08. The second kappa shape index (κ2) is 7.57. The lowest BCUT2D eigenvalue weighted by molar-refractivity contribution is 0.340. The smallest absolute Gasteiger partial charge is 0.261 e. The Morgan fingerprint density at radius 1 is 1.19 bits per heavy atom. The van der Waals surface area contributed by atoms with Crippen molar-refractivity contribution in [3.63, 3.8) is 0 Å². The maximum atomic E-state index is 12.6. The van der Waals surface area contributed by atoms with E-state index >= 15 is 0 Å². The zero-order chi connectivity index (χ0) is 19.7. The van der Waals surface area contributed by atoms with Crippen LogP contribution >= 0.6 is 11.6 Å². The van der Waals surface area contributed by atoms with Crippen LogP contribution in [0.5, 0.6) is 5.75 Å². The van der Waals surface area contributed by atoms with Crippen LogP contribution in [0.1, 0.15) is 13.3 Å². The quantitative estimate of drug-likeness (QED) is 0.760. The van der Waals surface area contributed by atoms with Crippen molar-refractivity contribution in [1.29, 1.82) is 0 Å². The second-order valence-corrected chi connectivity index (χ2v) is 10.0. The zero-order valence-electron chi connectivity index (χ0n) is 14.6. The average molecular weight is 431 g/mol. The van der Waals surface area contributed by atoms with E-state index in [0.29, 0.717) is 31.0 Å². The van der Waals surface area contributed by atoms with Gasteiger partial charge in [0, 0.05) is 6.54 Å². The lowest BCUT2D eigenvalue weighted by atomic mass is 10.3. The van der Waals surface area contributed by atoms with Crippen molar-refractivity contribution < 1.29 is 21.6 Å². The summed E-state index contributed by atoms with van der Waals surface area (Å²) in [6.07, 6.45) is 0.548. The first kappa shape index (κ1) is 19.8. The number of sulfonamides is 2. The molecule has 0 amide bonds. The second-order valence-electron chi connectivity index (χ2n) is 5.92. The van der Waals surface area contributed by atoms with Gasteiger partial charge in [0.1, 0.15) is 5.75 Å². The van der Waals surface area contributed by atoms with Gasteiger partial charge in [-0.05, 0) is 55.8 Å². The highest BCUT2D eigenvalue weighted by Crippen LogP contribution is 2.32. The van der Waals surface area contributed by atoms with Gasteiger partial charge in [-0.3, -0.25) is 9.03 Å².